The second-order valence-corrected chi connectivity index (χ2v) is 5.33. The van der Waals surface area contributed by atoms with Gasteiger partial charge < -0.3 is 10.1 Å². The predicted octanol–water partition coefficient (Wildman–Crippen LogP) is 2.89. The molecular formula is C15H17ClN4O. The van der Waals surface area contributed by atoms with Gasteiger partial charge in [0.15, 0.2) is 0 Å². The van der Waals surface area contributed by atoms with Crippen LogP contribution in [0.15, 0.2) is 24.3 Å². The standard InChI is InChI=1S/C15H17ClN4O/c1-2-21-15-19-13(16)18-14(20-15)17-12-8-7-10-5-3-4-6-11(10)9-12/h3-6,12H,2,7-9H2,1H3,(H,17,18,19,20). The van der Waals surface area contributed by atoms with Crippen LogP contribution in [-0.4, -0.2) is 27.6 Å². The van der Waals surface area contributed by atoms with Crippen molar-refractivity contribution in [3.05, 3.63) is 40.7 Å². The first kappa shape index (κ1) is 14.1. The van der Waals surface area contributed by atoms with Crippen LogP contribution < -0.4 is 10.1 Å². The zero-order chi connectivity index (χ0) is 14.7. The zero-order valence-electron chi connectivity index (χ0n) is 11.8. The van der Waals surface area contributed by atoms with E-state index in [0.717, 1.165) is 19.3 Å². The molecule has 21 heavy (non-hydrogen) atoms. The number of aromatic nitrogens is 3. The highest BCUT2D eigenvalue weighted by molar-refractivity contribution is 6.28. The van der Waals surface area contributed by atoms with E-state index < -0.39 is 0 Å². The van der Waals surface area contributed by atoms with E-state index in [9.17, 15) is 0 Å². The van der Waals surface area contributed by atoms with Gasteiger partial charge in [-0.05, 0) is 48.9 Å². The first-order chi connectivity index (χ1) is 10.2. The van der Waals surface area contributed by atoms with Crippen LogP contribution in [0.25, 0.3) is 0 Å². The van der Waals surface area contributed by atoms with Gasteiger partial charge in [-0.2, -0.15) is 15.0 Å². The Morgan fingerprint density at radius 2 is 2.05 bits per heavy atom. The molecule has 0 radical (unpaired) electrons. The molecule has 0 bridgehead atoms. The fraction of sp³-hybridized carbons (Fsp3) is 0.400. The third kappa shape index (κ3) is 3.42. The van der Waals surface area contributed by atoms with Crippen LogP contribution >= 0.6 is 11.6 Å². The van der Waals surface area contributed by atoms with E-state index in [4.69, 9.17) is 16.3 Å². The van der Waals surface area contributed by atoms with Crippen LogP contribution in [0.2, 0.25) is 5.28 Å². The van der Waals surface area contributed by atoms with E-state index in [-0.39, 0.29) is 11.3 Å². The summed E-state index contributed by atoms with van der Waals surface area (Å²) in [6.45, 7) is 2.37. The Hall–Kier alpha value is -1.88. The number of halogens is 1. The maximum Gasteiger partial charge on any atom is 0.322 e. The fourth-order valence-corrected chi connectivity index (χ4v) is 2.75. The number of hydrogen-bond donors (Lipinski definition) is 1. The Morgan fingerprint density at radius 3 is 2.86 bits per heavy atom. The summed E-state index contributed by atoms with van der Waals surface area (Å²) in [5.74, 6) is 0.475. The summed E-state index contributed by atoms with van der Waals surface area (Å²) >= 11 is 5.90. The number of hydrogen-bond acceptors (Lipinski definition) is 5. The molecule has 1 aromatic heterocycles. The lowest BCUT2D eigenvalue weighted by atomic mass is 9.88. The molecule has 5 nitrogen and oxygen atoms in total. The largest absolute Gasteiger partial charge is 0.464 e. The number of rotatable bonds is 4. The third-order valence-corrected chi connectivity index (χ3v) is 3.71. The molecule has 3 rings (SSSR count). The molecule has 1 heterocycles. The number of benzene rings is 1. The Kier molecular flexibility index (Phi) is 4.20. The smallest absolute Gasteiger partial charge is 0.322 e. The summed E-state index contributed by atoms with van der Waals surface area (Å²) in [4.78, 5) is 12.3. The van der Waals surface area contributed by atoms with Gasteiger partial charge in [0.05, 0.1) is 6.61 Å². The van der Waals surface area contributed by atoms with Gasteiger partial charge in [0.2, 0.25) is 11.2 Å². The molecule has 0 saturated heterocycles. The Bertz CT molecular complexity index is 635. The zero-order valence-corrected chi connectivity index (χ0v) is 12.6. The van der Waals surface area contributed by atoms with E-state index in [0.29, 0.717) is 18.6 Å². The minimum absolute atomic E-state index is 0.146. The quantitative estimate of drug-likeness (QED) is 0.941. The molecule has 1 aromatic carbocycles. The van der Waals surface area contributed by atoms with Crippen LogP contribution in [0.5, 0.6) is 6.01 Å². The Balaban J connectivity index is 1.73. The van der Waals surface area contributed by atoms with Crippen molar-refractivity contribution >= 4 is 17.5 Å². The van der Waals surface area contributed by atoms with Crippen molar-refractivity contribution in [3.63, 3.8) is 0 Å². The van der Waals surface area contributed by atoms with Crippen LogP contribution in [-0.2, 0) is 12.8 Å². The summed E-state index contributed by atoms with van der Waals surface area (Å²) in [6, 6.07) is 9.10. The molecule has 1 atom stereocenters. The highest BCUT2D eigenvalue weighted by atomic mass is 35.5. The molecule has 0 amide bonds. The van der Waals surface area contributed by atoms with Gasteiger partial charge in [-0.25, -0.2) is 0 Å². The van der Waals surface area contributed by atoms with Crippen molar-refractivity contribution < 1.29 is 4.74 Å². The third-order valence-electron chi connectivity index (χ3n) is 3.54. The monoisotopic (exact) mass is 304 g/mol. The van der Waals surface area contributed by atoms with Gasteiger partial charge in [-0.3, -0.25) is 0 Å². The minimum Gasteiger partial charge on any atom is -0.464 e. The maximum atomic E-state index is 5.90. The molecule has 0 saturated carbocycles. The van der Waals surface area contributed by atoms with Gasteiger partial charge in [-0.1, -0.05) is 24.3 Å². The van der Waals surface area contributed by atoms with E-state index in [2.05, 4.69) is 44.5 Å². The second kappa shape index (κ2) is 6.26. The highest BCUT2D eigenvalue weighted by Gasteiger charge is 2.19. The van der Waals surface area contributed by atoms with Crippen molar-refractivity contribution in [2.24, 2.45) is 0 Å². The molecule has 2 aromatic rings. The number of nitrogens with zero attached hydrogens (tertiary/aromatic N) is 3. The van der Waals surface area contributed by atoms with E-state index in [1.54, 1.807) is 0 Å². The lowest BCUT2D eigenvalue weighted by molar-refractivity contribution is 0.311. The molecule has 1 aliphatic carbocycles. The summed E-state index contributed by atoms with van der Waals surface area (Å²) in [5.41, 5.74) is 2.81. The minimum atomic E-state index is 0.146. The average molecular weight is 305 g/mol. The van der Waals surface area contributed by atoms with Gasteiger partial charge in [0, 0.05) is 6.04 Å². The van der Waals surface area contributed by atoms with Crippen molar-refractivity contribution in [1.29, 1.82) is 0 Å². The average Bonchev–Trinajstić information content (AvgIpc) is 2.47. The maximum absolute atomic E-state index is 5.90. The van der Waals surface area contributed by atoms with Crippen LogP contribution in [0, 0.1) is 0 Å². The number of fused-ring (bicyclic) bond motifs is 1. The lowest BCUT2D eigenvalue weighted by Gasteiger charge is -2.25. The van der Waals surface area contributed by atoms with Crippen molar-refractivity contribution in [2.75, 3.05) is 11.9 Å². The van der Waals surface area contributed by atoms with Crippen molar-refractivity contribution in [1.82, 2.24) is 15.0 Å². The van der Waals surface area contributed by atoms with Gasteiger partial charge >= 0.3 is 6.01 Å². The fourth-order valence-electron chi connectivity index (χ4n) is 2.59. The molecule has 1 N–H and O–H groups in total. The van der Waals surface area contributed by atoms with Crippen LogP contribution in [0.4, 0.5) is 5.95 Å². The summed E-state index contributed by atoms with van der Waals surface area (Å²) in [7, 11) is 0. The molecule has 1 aliphatic rings. The van der Waals surface area contributed by atoms with E-state index >= 15 is 0 Å². The molecule has 0 spiro atoms. The second-order valence-electron chi connectivity index (χ2n) is 5.00. The van der Waals surface area contributed by atoms with Gasteiger partial charge in [0.25, 0.3) is 0 Å². The number of ether oxygens (including phenoxy) is 1. The number of nitrogens with one attached hydrogen (secondary N) is 1. The van der Waals surface area contributed by atoms with Crippen molar-refractivity contribution in [2.45, 2.75) is 32.2 Å². The highest BCUT2D eigenvalue weighted by Crippen LogP contribution is 2.23. The first-order valence-electron chi connectivity index (χ1n) is 7.12. The Morgan fingerprint density at radius 1 is 1.24 bits per heavy atom. The molecule has 1 unspecified atom stereocenters. The van der Waals surface area contributed by atoms with E-state index in [1.165, 1.54) is 11.1 Å². The van der Waals surface area contributed by atoms with Gasteiger partial charge in [-0.15, -0.1) is 0 Å². The molecule has 6 heteroatoms. The summed E-state index contributed by atoms with van der Waals surface area (Å²) in [6.07, 6.45) is 3.07. The predicted molar refractivity (Wildman–Crippen MR) is 81.9 cm³/mol. The van der Waals surface area contributed by atoms with E-state index in [1.807, 2.05) is 6.92 Å². The SMILES string of the molecule is CCOc1nc(Cl)nc(NC2CCc3ccccc3C2)n1. The van der Waals surface area contributed by atoms with Crippen molar-refractivity contribution in [3.8, 4) is 6.01 Å². The topological polar surface area (TPSA) is 59.9 Å². The molecule has 0 fully saturated rings. The normalized spacial score (nSPS) is 17.1. The number of aryl methyl sites for hydroxylation is 1. The molecule has 0 aliphatic heterocycles. The summed E-state index contributed by atoms with van der Waals surface area (Å²) < 4.78 is 5.29. The number of anilines is 1. The van der Waals surface area contributed by atoms with Crippen LogP contribution in [0.3, 0.4) is 0 Å². The van der Waals surface area contributed by atoms with Gasteiger partial charge in [0.1, 0.15) is 0 Å². The molecule has 110 valence electrons. The molecular weight excluding hydrogens is 288 g/mol. The Labute approximate surface area is 128 Å². The first-order valence-corrected chi connectivity index (χ1v) is 7.50. The lowest BCUT2D eigenvalue weighted by Crippen LogP contribution is -2.28. The summed E-state index contributed by atoms with van der Waals surface area (Å²) in [5, 5.41) is 3.48. The van der Waals surface area contributed by atoms with Crippen LogP contribution in [0.1, 0.15) is 24.5 Å².